The molecule has 156 valence electrons. The summed E-state index contributed by atoms with van der Waals surface area (Å²) in [6, 6.07) is 13.9. The fraction of sp³-hybridized carbons (Fsp3) is 0.100. The first kappa shape index (κ1) is 22.1. The Morgan fingerprint density at radius 2 is 1.87 bits per heavy atom. The van der Waals surface area contributed by atoms with Crippen LogP contribution in [0.5, 0.6) is 0 Å². The molecular formula is C20H14BrClF3N3O2. The summed E-state index contributed by atoms with van der Waals surface area (Å²) >= 11 is 9.65. The Kier molecular flexibility index (Phi) is 6.35. The minimum atomic E-state index is -5.08. The van der Waals surface area contributed by atoms with Crippen LogP contribution in [0, 0.1) is 0 Å². The molecule has 0 spiro atoms. The molecular weight excluding hydrogens is 487 g/mol. The molecule has 30 heavy (non-hydrogen) atoms. The molecule has 0 aliphatic carbocycles. The van der Waals surface area contributed by atoms with Crippen LogP contribution < -0.4 is 5.73 Å². The van der Waals surface area contributed by atoms with Gasteiger partial charge in [-0.1, -0.05) is 33.6 Å². The minimum absolute atomic E-state index is 0.458. The molecule has 0 atom stereocenters. The molecule has 2 aromatic heterocycles. The van der Waals surface area contributed by atoms with E-state index in [0.717, 1.165) is 43.1 Å². The number of H-pyrrole nitrogens is 1. The Morgan fingerprint density at radius 1 is 1.17 bits per heavy atom. The van der Waals surface area contributed by atoms with Gasteiger partial charge < -0.3 is 15.8 Å². The van der Waals surface area contributed by atoms with E-state index >= 15 is 0 Å². The van der Waals surface area contributed by atoms with Crippen molar-refractivity contribution >= 4 is 55.3 Å². The number of rotatable bonds is 2. The van der Waals surface area contributed by atoms with Gasteiger partial charge in [0, 0.05) is 44.1 Å². The Labute approximate surface area is 181 Å². The van der Waals surface area contributed by atoms with E-state index in [1.807, 2.05) is 36.5 Å². The zero-order valence-electron chi connectivity index (χ0n) is 15.1. The highest BCUT2D eigenvalue weighted by Crippen LogP contribution is 2.32. The number of halogens is 5. The number of carbonyl (C=O) groups is 1. The zero-order valence-corrected chi connectivity index (χ0v) is 17.4. The zero-order chi connectivity index (χ0) is 22.1. The smallest absolute Gasteiger partial charge is 0.475 e. The van der Waals surface area contributed by atoms with E-state index in [-0.39, 0.29) is 0 Å². The standard InChI is InChI=1S/C18H13BrClN3.C2HF3O2/c19-11-1-4-16-14(6-11)15(9-22-16)17-5-10(8-21)13-3-2-12(20)7-18(13)23-17;3-2(4,5)1(6)7/h1-7,9,22H,8,21H2;(H,6,7). The number of aromatic nitrogens is 2. The third kappa shape index (κ3) is 4.75. The lowest BCUT2D eigenvalue weighted by Gasteiger charge is -2.08. The summed E-state index contributed by atoms with van der Waals surface area (Å²) in [5.74, 6) is -2.76. The summed E-state index contributed by atoms with van der Waals surface area (Å²) in [4.78, 5) is 17.0. The molecule has 0 unspecified atom stereocenters. The number of nitrogens with one attached hydrogen (secondary N) is 1. The molecule has 0 saturated heterocycles. The summed E-state index contributed by atoms with van der Waals surface area (Å²) in [7, 11) is 0. The van der Waals surface area contributed by atoms with E-state index in [0.29, 0.717) is 11.6 Å². The Morgan fingerprint density at radius 3 is 2.50 bits per heavy atom. The highest BCUT2D eigenvalue weighted by molar-refractivity contribution is 9.10. The summed E-state index contributed by atoms with van der Waals surface area (Å²) in [6.45, 7) is 0.458. The van der Waals surface area contributed by atoms with Gasteiger partial charge in [0.1, 0.15) is 0 Å². The van der Waals surface area contributed by atoms with Gasteiger partial charge in [-0.15, -0.1) is 0 Å². The second kappa shape index (κ2) is 8.63. The predicted molar refractivity (Wildman–Crippen MR) is 113 cm³/mol. The van der Waals surface area contributed by atoms with E-state index in [2.05, 4.69) is 33.0 Å². The first-order chi connectivity index (χ1) is 14.1. The number of carboxylic acids is 1. The molecule has 0 aliphatic heterocycles. The third-order valence-electron chi connectivity index (χ3n) is 4.24. The van der Waals surface area contributed by atoms with Crippen LogP contribution in [0.3, 0.4) is 0 Å². The molecule has 10 heteroatoms. The molecule has 0 saturated carbocycles. The first-order valence-corrected chi connectivity index (χ1v) is 9.63. The average Bonchev–Trinajstić information content (AvgIpc) is 3.09. The van der Waals surface area contributed by atoms with Crippen molar-refractivity contribution in [1.82, 2.24) is 9.97 Å². The van der Waals surface area contributed by atoms with Crippen LogP contribution in [-0.4, -0.2) is 27.2 Å². The van der Waals surface area contributed by atoms with Crippen molar-refractivity contribution in [1.29, 1.82) is 0 Å². The number of alkyl halides is 3. The Hall–Kier alpha value is -2.62. The van der Waals surface area contributed by atoms with E-state index < -0.39 is 12.1 Å². The molecule has 0 amide bonds. The van der Waals surface area contributed by atoms with Crippen LogP contribution >= 0.6 is 27.5 Å². The second-order valence-corrected chi connectivity index (χ2v) is 7.58. The minimum Gasteiger partial charge on any atom is -0.475 e. The number of aromatic amines is 1. The number of benzene rings is 2. The maximum atomic E-state index is 10.6. The number of nitrogens with zero attached hydrogens (tertiary/aromatic N) is 1. The Balaban J connectivity index is 0.000000318. The number of carboxylic acid groups (broad SMARTS) is 1. The summed E-state index contributed by atoms with van der Waals surface area (Å²) in [5, 5.41) is 9.96. The van der Waals surface area contributed by atoms with Crippen molar-refractivity contribution in [3.8, 4) is 11.3 Å². The molecule has 0 bridgehead atoms. The largest absolute Gasteiger partial charge is 0.490 e. The maximum absolute atomic E-state index is 10.6. The summed E-state index contributed by atoms with van der Waals surface area (Å²) in [5.41, 5.74) is 10.9. The molecule has 0 fully saturated rings. The molecule has 2 aromatic carbocycles. The predicted octanol–water partition coefficient (Wildman–Crippen LogP) is 5.89. The van der Waals surface area contributed by atoms with Crippen LogP contribution in [0.2, 0.25) is 5.02 Å². The maximum Gasteiger partial charge on any atom is 0.490 e. The van der Waals surface area contributed by atoms with Crippen molar-refractivity contribution in [2.24, 2.45) is 5.73 Å². The highest BCUT2D eigenvalue weighted by Gasteiger charge is 2.38. The SMILES string of the molecule is NCc1cc(-c2c[nH]c3ccc(Br)cc23)nc2cc(Cl)ccc12.O=C(O)C(F)(F)F. The molecule has 4 N–H and O–H groups in total. The molecule has 5 nitrogen and oxygen atoms in total. The normalized spacial score (nSPS) is 11.4. The van der Waals surface area contributed by atoms with Gasteiger partial charge in [-0.3, -0.25) is 0 Å². The lowest BCUT2D eigenvalue weighted by Crippen LogP contribution is -2.21. The second-order valence-electron chi connectivity index (χ2n) is 6.23. The van der Waals surface area contributed by atoms with Gasteiger partial charge in [0.25, 0.3) is 0 Å². The summed E-state index contributed by atoms with van der Waals surface area (Å²) < 4.78 is 32.8. The van der Waals surface area contributed by atoms with Crippen LogP contribution in [0.4, 0.5) is 13.2 Å². The number of pyridine rings is 1. The average molecular weight is 501 g/mol. The number of aliphatic carboxylic acids is 1. The van der Waals surface area contributed by atoms with Crippen molar-refractivity contribution in [2.75, 3.05) is 0 Å². The molecule has 4 aromatic rings. The van der Waals surface area contributed by atoms with Crippen molar-refractivity contribution < 1.29 is 23.1 Å². The molecule has 4 rings (SSSR count). The van der Waals surface area contributed by atoms with Crippen molar-refractivity contribution in [3.63, 3.8) is 0 Å². The summed E-state index contributed by atoms with van der Waals surface area (Å²) in [6.07, 6.45) is -3.10. The Bertz CT molecular complexity index is 1240. The molecule has 0 aliphatic rings. The molecule has 0 radical (unpaired) electrons. The van der Waals surface area contributed by atoms with Gasteiger partial charge in [0.05, 0.1) is 11.2 Å². The number of hydrogen-bond acceptors (Lipinski definition) is 3. The lowest BCUT2D eigenvalue weighted by atomic mass is 10.0. The quantitative estimate of drug-likeness (QED) is 0.320. The van der Waals surface area contributed by atoms with Gasteiger partial charge >= 0.3 is 12.1 Å². The first-order valence-electron chi connectivity index (χ1n) is 8.46. The number of hydrogen-bond donors (Lipinski definition) is 3. The number of fused-ring (bicyclic) bond motifs is 2. The van der Waals surface area contributed by atoms with Gasteiger partial charge in [0.2, 0.25) is 0 Å². The fourth-order valence-corrected chi connectivity index (χ4v) is 3.41. The topological polar surface area (TPSA) is 92.0 Å². The van der Waals surface area contributed by atoms with Crippen LogP contribution in [0.1, 0.15) is 5.56 Å². The lowest BCUT2D eigenvalue weighted by molar-refractivity contribution is -0.192. The van der Waals surface area contributed by atoms with Crippen LogP contribution in [0.25, 0.3) is 33.1 Å². The monoisotopic (exact) mass is 499 g/mol. The highest BCUT2D eigenvalue weighted by atomic mass is 79.9. The van der Waals surface area contributed by atoms with Crippen LogP contribution in [-0.2, 0) is 11.3 Å². The van der Waals surface area contributed by atoms with Gasteiger partial charge in [0.15, 0.2) is 0 Å². The number of nitrogens with two attached hydrogens (primary N) is 1. The van der Waals surface area contributed by atoms with E-state index in [1.165, 1.54) is 0 Å². The fourth-order valence-electron chi connectivity index (χ4n) is 2.89. The van der Waals surface area contributed by atoms with Crippen molar-refractivity contribution in [3.05, 3.63) is 63.7 Å². The van der Waals surface area contributed by atoms with Gasteiger partial charge in [-0.25, -0.2) is 9.78 Å². The van der Waals surface area contributed by atoms with Gasteiger partial charge in [-0.2, -0.15) is 13.2 Å². The van der Waals surface area contributed by atoms with E-state index in [4.69, 9.17) is 32.2 Å². The van der Waals surface area contributed by atoms with E-state index in [1.54, 1.807) is 0 Å². The van der Waals surface area contributed by atoms with Crippen molar-refractivity contribution in [2.45, 2.75) is 12.7 Å². The third-order valence-corrected chi connectivity index (χ3v) is 4.97. The molecule has 2 heterocycles. The van der Waals surface area contributed by atoms with Crippen LogP contribution in [0.15, 0.2) is 53.1 Å². The van der Waals surface area contributed by atoms with Gasteiger partial charge in [-0.05, 0) is 42.0 Å². The van der Waals surface area contributed by atoms with E-state index in [9.17, 15) is 13.2 Å².